The van der Waals surface area contributed by atoms with Crippen LogP contribution in [0.1, 0.15) is 31.9 Å². The van der Waals surface area contributed by atoms with Crippen LogP contribution in [0.25, 0.3) is 11.1 Å². The lowest BCUT2D eigenvalue weighted by Gasteiger charge is -2.25. The highest BCUT2D eigenvalue weighted by Crippen LogP contribution is 2.55. The molecule has 22 heavy (non-hydrogen) atoms. The Morgan fingerprint density at radius 2 is 1.77 bits per heavy atom. The number of hydrogen-bond acceptors (Lipinski definition) is 2. The van der Waals surface area contributed by atoms with Gasteiger partial charge in [-0.1, -0.05) is 50.8 Å². The molecule has 2 heteroatoms. The van der Waals surface area contributed by atoms with Crippen molar-refractivity contribution in [3.63, 3.8) is 0 Å². The van der Waals surface area contributed by atoms with Crippen LogP contribution in [-0.2, 0) is 5.41 Å². The van der Waals surface area contributed by atoms with Crippen LogP contribution in [0.2, 0.25) is 0 Å². The third-order valence-electron chi connectivity index (χ3n) is 4.67. The average molecular weight is 290 g/mol. The number of hydrogen-bond donors (Lipinski definition) is 0. The number of ether oxygens (including phenoxy) is 2. The molecule has 1 heterocycles. The molecular formula is C20H18O2. The van der Waals surface area contributed by atoms with Gasteiger partial charge in [-0.25, -0.2) is 0 Å². The van der Waals surface area contributed by atoms with E-state index in [1.807, 2.05) is 13.0 Å². The first-order valence-corrected chi connectivity index (χ1v) is 7.50. The summed E-state index contributed by atoms with van der Waals surface area (Å²) >= 11 is 0. The molecule has 0 aromatic heterocycles. The lowest BCUT2D eigenvalue weighted by molar-refractivity contribution is 0.307. The molecule has 0 saturated heterocycles. The first-order valence-electron chi connectivity index (χ1n) is 7.50. The molecule has 0 amide bonds. The molecule has 2 aliphatic rings. The zero-order valence-electron chi connectivity index (χ0n) is 13.1. The Kier molecular flexibility index (Phi) is 2.56. The molecule has 0 spiro atoms. The van der Waals surface area contributed by atoms with Gasteiger partial charge in [0.1, 0.15) is 5.76 Å². The summed E-state index contributed by atoms with van der Waals surface area (Å²) < 4.78 is 12.1. The van der Waals surface area contributed by atoms with Crippen molar-refractivity contribution in [3.8, 4) is 22.6 Å². The highest BCUT2D eigenvalue weighted by molar-refractivity contribution is 5.87. The maximum absolute atomic E-state index is 6.12. The molecule has 0 fully saturated rings. The van der Waals surface area contributed by atoms with Gasteiger partial charge in [0.2, 0.25) is 0 Å². The fourth-order valence-electron chi connectivity index (χ4n) is 3.51. The predicted molar refractivity (Wildman–Crippen MR) is 88.2 cm³/mol. The fourth-order valence-corrected chi connectivity index (χ4v) is 3.51. The van der Waals surface area contributed by atoms with E-state index in [0.717, 1.165) is 22.8 Å². The number of rotatable bonds is 1. The summed E-state index contributed by atoms with van der Waals surface area (Å²) in [7, 11) is 0. The van der Waals surface area contributed by atoms with Crippen molar-refractivity contribution in [1.82, 2.24) is 0 Å². The maximum atomic E-state index is 6.12. The molecule has 4 rings (SSSR count). The summed E-state index contributed by atoms with van der Waals surface area (Å²) in [6.45, 7) is 10.2. The Hall–Kier alpha value is -2.48. The quantitative estimate of drug-likeness (QED) is 0.720. The van der Waals surface area contributed by atoms with Crippen LogP contribution in [0.5, 0.6) is 11.5 Å². The van der Waals surface area contributed by atoms with E-state index >= 15 is 0 Å². The zero-order chi connectivity index (χ0) is 15.5. The zero-order valence-corrected chi connectivity index (χ0v) is 13.1. The SMILES string of the molecule is C=CC1=C(C)Oc2ccc3c(c2O1)-c1ccccc1C3(C)C. The van der Waals surface area contributed by atoms with Crippen molar-refractivity contribution in [3.05, 3.63) is 71.7 Å². The molecule has 0 N–H and O–H groups in total. The second-order valence-corrected chi connectivity index (χ2v) is 6.31. The van der Waals surface area contributed by atoms with Crippen molar-refractivity contribution in [2.75, 3.05) is 0 Å². The molecule has 0 bridgehead atoms. The van der Waals surface area contributed by atoms with E-state index < -0.39 is 0 Å². The minimum atomic E-state index is -0.0329. The van der Waals surface area contributed by atoms with E-state index in [1.54, 1.807) is 6.08 Å². The van der Waals surface area contributed by atoms with Crippen LogP contribution in [-0.4, -0.2) is 0 Å². The monoisotopic (exact) mass is 290 g/mol. The standard InChI is InChI=1S/C20H18O2/c1-5-16-12(2)21-17-11-10-15-18(19(17)22-16)13-8-6-7-9-14(13)20(15,3)4/h5-11H,1H2,2-4H3. The van der Waals surface area contributed by atoms with Crippen molar-refractivity contribution in [1.29, 1.82) is 0 Å². The largest absolute Gasteiger partial charge is 0.454 e. The van der Waals surface area contributed by atoms with Crippen molar-refractivity contribution in [2.24, 2.45) is 0 Å². The summed E-state index contributed by atoms with van der Waals surface area (Å²) in [5.74, 6) is 3.00. The van der Waals surface area contributed by atoms with Gasteiger partial charge in [0.25, 0.3) is 0 Å². The van der Waals surface area contributed by atoms with Crippen LogP contribution < -0.4 is 9.47 Å². The number of fused-ring (bicyclic) bond motifs is 5. The van der Waals surface area contributed by atoms with E-state index in [0.29, 0.717) is 5.76 Å². The Morgan fingerprint density at radius 1 is 1.00 bits per heavy atom. The molecule has 0 unspecified atom stereocenters. The van der Waals surface area contributed by atoms with Gasteiger partial charge in [-0.3, -0.25) is 0 Å². The third kappa shape index (κ3) is 1.55. The molecule has 1 aliphatic carbocycles. The van der Waals surface area contributed by atoms with Gasteiger partial charge in [-0.15, -0.1) is 0 Å². The third-order valence-corrected chi connectivity index (χ3v) is 4.67. The van der Waals surface area contributed by atoms with Gasteiger partial charge in [0.15, 0.2) is 17.3 Å². The van der Waals surface area contributed by atoms with E-state index in [-0.39, 0.29) is 5.41 Å². The van der Waals surface area contributed by atoms with Crippen LogP contribution in [0.4, 0.5) is 0 Å². The normalized spacial score (nSPS) is 17.0. The van der Waals surface area contributed by atoms with Crippen LogP contribution >= 0.6 is 0 Å². The highest BCUT2D eigenvalue weighted by Gasteiger charge is 2.39. The molecular weight excluding hydrogens is 272 g/mol. The summed E-state index contributed by atoms with van der Waals surface area (Å²) in [4.78, 5) is 0. The molecule has 0 saturated carbocycles. The molecule has 2 aromatic carbocycles. The first kappa shape index (κ1) is 13.2. The Labute approximate surface area is 130 Å². The van der Waals surface area contributed by atoms with E-state index in [2.05, 4.69) is 50.8 Å². The van der Waals surface area contributed by atoms with Gasteiger partial charge in [0.05, 0.1) is 0 Å². The van der Waals surface area contributed by atoms with Crippen molar-refractivity contribution < 1.29 is 9.47 Å². The van der Waals surface area contributed by atoms with Gasteiger partial charge >= 0.3 is 0 Å². The van der Waals surface area contributed by atoms with Gasteiger partial charge < -0.3 is 9.47 Å². The van der Waals surface area contributed by atoms with Crippen molar-refractivity contribution >= 4 is 0 Å². The van der Waals surface area contributed by atoms with E-state index in [9.17, 15) is 0 Å². The van der Waals surface area contributed by atoms with Crippen LogP contribution in [0.3, 0.4) is 0 Å². The number of allylic oxidation sites excluding steroid dienone is 2. The van der Waals surface area contributed by atoms with E-state index in [1.165, 1.54) is 16.7 Å². The lowest BCUT2D eigenvalue weighted by Crippen LogP contribution is -2.15. The second-order valence-electron chi connectivity index (χ2n) is 6.31. The minimum Gasteiger partial charge on any atom is -0.454 e. The van der Waals surface area contributed by atoms with Gasteiger partial charge in [-0.05, 0) is 35.8 Å². The molecule has 1 aliphatic heterocycles. The van der Waals surface area contributed by atoms with Crippen molar-refractivity contribution in [2.45, 2.75) is 26.2 Å². The van der Waals surface area contributed by atoms with Gasteiger partial charge in [-0.2, -0.15) is 0 Å². The Morgan fingerprint density at radius 3 is 2.55 bits per heavy atom. The predicted octanol–water partition coefficient (Wildman–Crippen LogP) is 5.18. The average Bonchev–Trinajstić information content (AvgIpc) is 2.75. The smallest absolute Gasteiger partial charge is 0.178 e. The molecule has 2 nitrogen and oxygen atoms in total. The second kappa shape index (κ2) is 4.26. The molecule has 2 aromatic rings. The van der Waals surface area contributed by atoms with Gasteiger partial charge in [0, 0.05) is 11.0 Å². The molecule has 0 atom stereocenters. The highest BCUT2D eigenvalue weighted by atomic mass is 16.6. The Balaban J connectivity index is 2.02. The number of benzene rings is 2. The van der Waals surface area contributed by atoms with E-state index in [4.69, 9.17) is 9.47 Å². The minimum absolute atomic E-state index is 0.0329. The van der Waals surface area contributed by atoms with Crippen LogP contribution in [0.15, 0.2) is 60.6 Å². The topological polar surface area (TPSA) is 18.5 Å². The maximum Gasteiger partial charge on any atom is 0.178 e. The molecule has 110 valence electrons. The molecule has 0 radical (unpaired) electrons. The first-order chi connectivity index (χ1) is 10.5. The lowest BCUT2D eigenvalue weighted by atomic mass is 9.82. The summed E-state index contributed by atoms with van der Waals surface area (Å²) in [6, 6.07) is 12.7. The Bertz CT molecular complexity index is 841. The fraction of sp³-hybridized carbons (Fsp3) is 0.200. The summed E-state index contributed by atoms with van der Waals surface area (Å²) in [6.07, 6.45) is 1.70. The van der Waals surface area contributed by atoms with Crippen LogP contribution in [0, 0.1) is 0 Å². The summed E-state index contributed by atoms with van der Waals surface area (Å²) in [5.41, 5.74) is 4.94. The summed E-state index contributed by atoms with van der Waals surface area (Å²) in [5, 5.41) is 0.